The molecule has 52 heavy (non-hydrogen) atoms. The molecule has 8 rings (SSSR count). The van der Waals surface area contributed by atoms with E-state index in [1.54, 1.807) is 0 Å². The summed E-state index contributed by atoms with van der Waals surface area (Å²) in [6.45, 7) is 14.3. The lowest BCUT2D eigenvalue weighted by atomic mass is 9.87. The van der Waals surface area contributed by atoms with Gasteiger partial charge in [-0.2, -0.15) is 13.2 Å². The van der Waals surface area contributed by atoms with Gasteiger partial charge in [-0.25, -0.2) is 0 Å². The molecule has 0 amide bonds. The molecule has 0 aromatic heterocycles. The molecule has 5 nitrogen and oxygen atoms in total. The van der Waals surface area contributed by atoms with Gasteiger partial charge in [0.25, 0.3) is 0 Å². The van der Waals surface area contributed by atoms with Crippen molar-refractivity contribution < 1.29 is 22.6 Å². The molecule has 0 fully saturated rings. The number of halogens is 3. The Morgan fingerprint density at radius 2 is 1.10 bits per heavy atom. The van der Waals surface area contributed by atoms with Crippen LogP contribution in [-0.2, 0) is 6.18 Å². The third-order valence-corrected chi connectivity index (χ3v) is 10.1. The predicted octanol–water partition coefficient (Wildman–Crippen LogP) is 13.3. The number of aryl methyl sites for hydroxylation is 6. The normalized spacial score (nSPS) is 13.1. The highest BCUT2D eigenvalue weighted by Crippen LogP contribution is 2.58. The van der Waals surface area contributed by atoms with Crippen molar-refractivity contribution in [2.45, 2.75) is 54.6 Å². The summed E-state index contributed by atoms with van der Waals surface area (Å²) in [6, 6.07) is 29.0. The number of ether oxygens (including phenoxy) is 2. The highest BCUT2D eigenvalue weighted by Gasteiger charge is 2.38. The van der Waals surface area contributed by atoms with Crippen LogP contribution >= 0.6 is 0 Å². The summed E-state index contributed by atoms with van der Waals surface area (Å²) < 4.78 is 55.6. The Labute approximate surface area is 301 Å². The van der Waals surface area contributed by atoms with Gasteiger partial charge < -0.3 is 25.0 Å². The number of anilines is 7. The molecule has 0 unspecified atom stereocenters. The number of nitrogens with two attached hydrogens (primary N) is 1. The first kappa shape index (κ1) is 33.3. The number of hydrogen-bond donors (Lipinski definition) is 1. The lowest BCUT2D eigenvalue weighted by Crippen LogP contribution is -2.21. The van der Waals surface area contributed by atoms with Crippen LogP contribution in [0.1, 0.15) is 44.5 Å². The van der Waals surface area contributed by atoms with E-state index in [1.165, 1.54) is 6.07 Å². The Hall–Kier alpha value is -5.89. The zero-order chi connectivity index (χ0) is 36.8. The first-order chi connectivity index (χ1) is 24.7. The third-order valence-electron chi connectivity index (χ3n) is 10.1. The fraction of sp³-hybridized carbons (Fsp3) is 0.182. The average Bonchev–Trinajstić information content (AvgIpc) is 3.07. The zero-order valence-corrected chi connectivity index (χ0v) is 30.1. The van der Waals surface area contributed by atoms with Gasteiger partial charge in [0.2, 0.25) is 0 Å². The predicted molar refractivity (Wildman–Crippen MR) is 204 cm³/mol. The van der Waals surface area contributed by atoms with Gasteiger partial charge in [0.15, 0.2) is 23.0 Å². The maximum atomic E-state index is 14.2. The monoisotopic (exact) mass is 697 g/mol. The van der Waals surface area contributed by atoms with Crippen LogP contribution in [0.15, 0.2) is 91.0 Å². The van der Waals surface area contributed by atoms with Crippen LogP contribution in [0.3, 0.4) is 0 Å². The summed E-state index contributed by atoms with van der Waals surface area (Å²) in [5.41, 5.74) is 18.5. The van der Waals surface area contributed by atoms with E-state index >= 15 is 0 Å². The Morgan fingerprint density at radius 1 is 0.538 bits per heavy atom. The van der Waals surface area contributed by atoms with Crippen LogP contribution < -0.4 is 25.0 Å². The molecule has 0 atom stereocenters. The van der Waals surface area contributed by atoms with Gasteiger partial charge >= 0.3 is 6.18 Å². The van der Waals surface area contributed by atoms with Gasteiger partial charge in [0.05, 0.1) is 34.0 Å². The number of rotatable bonds is 3. The lowest BCUT2D eigenvalue weighted by molar-refractivity contribution is -0.136. The van der Waals surface area contributed by atoms with Crippen LogP contribution in [0.4, 0.5) is 53.0 Å². The number of alkyl halides is 3. The van der Waals surface area contributed by atoms with Crippen molar-refractivity contribution in [2.75, 3.05) is 15.5 Å². The molecule has 0 saturated heterocycles. The summed E-state index contributed by atoms with van der Waals surface area (Å²) in [5.74, 6) is 2.41. The van der Waals surface area contributed by atoms with Crippen LogP contribution in [-0.4, -0.2) is 0 Å². The SMILES string of the molecule is Cc1cc(C)c(N2c3cc(C(F)(F)F)c(N)cc3Oc3c2cc(C)c(-c2c(C)cc(N4c5ccccc5Oc5ccccc54)cc2C)c3C)c(C)c1. The lowest BCUT2D eigenvalue weighted by Gasteiger charge is -2.37. The Kier molecular flexibility index (Phi) is 7.57. The maximum absolute atomic E-state index is 14.2. The van der Waals surface area contributed by atoms with E-state index in [2.05, 4.69) is 49.9 Å². The van der Waals surface area contributed by atoms with Crippen LogP contribution in [0.25, 0.3) is 11.1 Å². The largest absolute Gasteiger partial charge is 0.453 e. The maximum Gasteiger partial charge on any atom is 0.418 e. The second-order valence-corrected chi connectivity index (χ2v) is 14.0. The molecule has 0 spiro atoms. The topological polar surface area (TPSA) is 51.0 Å². The van der Waals surface area contributed by atoms with Gasteiger partial charge in [-0.3, -0.25) is 0 Å². The molecule has 2 heterocycles. The van der Waals surface area contributed by atoms with E-state index in [0.717, 1.165) is 90.4 Å². The summed E-state index contributed by atoms with van der Waals surface area (Å²) in [4.78, 5) is 4.14. The molecular weight excluding hydrogens is 659 g/mol. The van der Waals surface area contributed by atoms with Gasteiger partial charge in [0, 0.05) is 23.0 Å². The minimum Gasteiger partial charge on any atom is -0.453 e. The summed E-state index contributed by atoms with van der Waals surface area (Å²) >= 11 is 0. The van der Waals surface area contributed by atoms with Crippen LogP contribution in [0, 0.1) is 48.5 Å². The summed E-state index contributed by atoms with van der Waals surface area (Å²) in [5, 5.41) is 0. The Balaban J connectivity index is 1.32. The molecule has 2 aliphatic rings. The Bertz CT molecular complexity index is 2380. The van der Waals surface area contributed by atoms with Gasteiger partial charge in [-0.1, -0.05) is 42.0 Å². The minimum atomic E-state index is -4.63. The molecule has 2 aliphatic heterocycles. The number of para-hydroxylation sites is 4. The standard InChI is InChI=1S/C44H38F3N3O2/c1-23-16-27(5)42(28(6)17-23)50-35-21-31(44(45,46)47)32(48)22-39(35)52-43-29(7)41(26(4)20-36(43)50)40-24(2)18-30(19-25(40)3)49-33-12-8-10-14-37(33)51-38-15-11-9-13-34(38)49/h8-22H,48H2,1-7H3. The molecule has 0 saturated carbocycles. The molecule has 262 valence electrons. The molecular formula is C44H38F3N3O2. The number of benzene rings is 6. The first-order valence-electron chi connectivity index (χ1n) is 17.2. The number of fused-ring (bicyclic) bond motifs is 4. The second-order valence-electron chi connectivity index (χ2n) is 14.0. The van der Waals surface area contributed by atoms with Crippen molar-refractivity contribution in [3.63, 3.8) is 0 Å². The van der Waals surface area contributed by atoms with Crippen LogP contribution in [0.2, 0.25) is 0 Å². The molecule has 6 aromatic rings. The van der Waals surface area contributed by atoms with Crippen molar-refractivity contribution in [1.29, 1.82) is 0 Å². The second kappa shape index (κ2) is 11.8. The van der Waals surface area contributed by atoms with Gasteiger partial charge in [0.1, 0.15) is 0 Å². The fourth-order valence-corrected chi connectivity index (χ4v) is 8.16. The van der Waals surface area contributed by atoms with Crippen molar-refractivity contribution in [3.05, 3.63) is 136 Å². The van der Waals surface area contributed by atoms with Crippen molar-refractivity contribution in [2.24, 2.45) is 0 Å². The van der Waals surface area contributed by atoms with Gasteiger partial charge in [-0.05, 0) is 136 Å². The van der Waals surface area contributed by atoms with Crippen LogP contribution in [0.5, 0.6) is 23.0 Å². The molecule has 8 heteroatoms. The number of hydrogen-bond acceptors (Lipinski definition) is 5. The molecule has 2 N–H and O–H groups in total. The highest BCUT2D eigenvalue weighted by molar-refractivity contribution is 5.95. The first-order valence-corrected chi connectivity index (χ1v) is 17.2. The smallest absolute Gasteiger partial charge is 0.418 e. The van der Waals surface area contributed by atoms with E-state index in [1.807, 2.05) is 87.2 Å². The minimum absolute atomic E-state index is 0.267. The van der Waals surface area contributed by atoms with E-state index in [0.29, 0.717) is 17.1 Å². The van der Waals surface area contributed by atoms with Crippen molar-refractivity contribution >= 4 is 39.8 Å². The zero-order valence-electron chi connectivity index (χ0n) is 30.1. The van der Waals surface area contributed by atoms with E-state index in [-0.39, 0.29) is 11.4 Å². The van der Waals surface area contributed by atoms with Gasteiger partial charge in [-0.15, -0.1) is 0 Å². The van der Waals surface area contributed by atoms with E-state index in [4.69, 9.17) is 15.2 Å². The Morgan fingerprint density at radius 3 is 1.67 bits per heavy atom. The van der Waals surface area contributed by atoms with E-state index < -0.39 is 11.7 Å². The summed E-state index contributed by atoms with van der Waals surface area (Å²) in [7, 11) is 0. The van der Waals surface area contributed by atoms with E-state index in [9.17, 15) is 13.2 Å². The fourth-order valence-electron chi connectivity index (χ4n) is 8.16. The average molecular weight is 698 g/mol. The number of nitrogens with zero attached hydrogens (tertiary/aromatic N) is 2. The molecule has 0 aliphatic carbocycles. The third kappa shape index (κ3) is 5.15. The molecule has 0 bridgehead atoms. The number of nitrogen functional groups attached to an aromatic ring is 1. The molecule has 6 aromatic carbocycles. The molecule has 0 radical (unpaired) electrons. The van der Waals surface area contributed by atoms with Crippen molar-refractivity contribution in [3.8, 4) is 34.1 Å². The quantitative estimate of drug-likeness (QED) is 0.186. The highest BCUT2D eigenvalue weighted by atomic mass is 19.4. The van der Waals surface area contributed by atoms with Crippen molar-refractivity contribution in [1.82, 2.24) is 0 Å². The summed E-state index contributed by atoms with van der Waals surface area (Å²) in [6.07, 6.45) is -4.63.